The van der Waals surface area contributed by atoms with Gasteiger partial charge in [0.1, 0.15) is 0 Å². The van der Waals surface area contributed by atoms with Crippen molar-refractivity contribution < 1.29 is 4.74 Å². The van der Waals surface area contributed by atoms with Gasteiger partial charge in [0.2, 0.25) is 0 Å². The highest BCUT2D eigenvalue weighted by Crippen LogP contribution is 2.16. The monoisotopic (exact) mass is 415 g/mol. The molecule has 0 N–H and O–H groups in total. The first-order valence-electron chi connectivity index (χ1n) is 11.7. The second-order valence-electron chi connectivity index (χ2n) is 8.61. The van der Waals surface area contributed by atoms with Gasteiger partial charge in [0.25, 0.3) is 0 Å². The minimum atomic E-state index is 0.727. The van der Waals surface area contributed by atoms with Crippen LogP contribution < -0.4 is 0 Å². The molecule has 0 spiro atoms. The summed E-state index contributed by atoms with van der Waals surface area (Å²) in [7, 11) is 0. The Morgan fingerprint density at radius 1 is 0.645 bits per heavy atom. The van der Waals surface area contributed by atoms with E-state index < -0.39 is 0 Å². The van der Waals surface area contributed by atoms with Crippen molar-refractivity contribution in [2.75, 3.05) is 13.2 Å². The van der Waals surface area contributed by atoms with E-state index in [4.69, 9.17) is 4.74 Å². The van der Waals surface area contributed by atoms with E-state index in [1.165, 1.54) is 36.0 Å². The lowest BCUT2D eigenvalue weighted by Gasteiger charge is -2.24. The van der Waals surface area contributed by atoms with Crippen molar-refractivity contribution in [1.82, 2.24) is 4.90 Å². The Hall–Kier alpha value is -2.42. The lowest BCUT2D eigenvalue weighted by Crippen LogP contribution is -2.25. The van der Waals surface area contributed by atoms with Crippen LogP contribution in [0.15, 0.2) is 91.0 Å². The molecule has 1 atom stereocenters. The number of unbranched alkanes of at least 4 members (excludes halogenated alkanes) is 1. The highest BCUT2D eigenvalue weighted by atomic mass is 16.5. The summed E-state index contributed by atoms with van der Waals surface area (Å²) < 4.78 is 5.82. The first kappa shape index (κ1) is 23.2. The topological polar surface area (TPSA) is 12.5 Å². The molecule has 31 heavy (non-hydrogen) atoms. The summed E-state index contributed by atoms with van der Waals surface area (Å²) in [5.41, 5.74) is 4.04. The molecule has 2 nitrogen and oxygen atoms in total. The fourth-order valence-electron chi connectivity index (χ4n) is 3.91. The van der Waals surface area contributed by atoms with Crippen molar-refractivity contribution >= 4 is 0 Å². The third-order valence-electron chi connectivity index (χ3n) is 5.78. The zero-order valence-corrected chi connectivity index (χ0v) is 19.0. The molecule has 0 aliphatic heterocycles. The van der Waals surface area contributed by atoms with E-state index in [1.54, 1.807) is 0 Å². The quantitative estimate of drug-likeness (QED) is 0.260. The number of rotatable bonds is 14. The summed E-state index contributed by atoms with van der Waals surface area (Å²) >= 11 is 0. The highest BCUT2D eigenvalue weighted by Gasteiger charge is 2.10. The lowest BCUT2D eigenvalue weighted by molar-refractivity contribution is 0.115. The molecule has 164 valence electrons. The normalized spacial score (nSPS) is 12.2. The smallest absolute Gasteiger partial charge is 0.0716 e. The van der Waals surface area contributed by atoms with Crippen molar-refractivity contribution in [2.24, 2.45) is 5.92 Å². The van der Waals surface area contributed by atoms with Crippen molar-refractivity contribution in [3.63, 3.8) is 0 Å². The van der Waals surface area contributed by atoms with Crippen molar-refractivity contribution in [3.8, 4) is 0 Å². The van der Waals surface area contributed by atoms with Gasteiger partial charge < -0.3 is 4.74 Å². The molecule has 0 aliphatic rings. The molecule has 2 heteroatoms. The number of nitrogens with zero attached hydrogens (tertiary/aromatic N) is 1. The summed E-state index contributed by atoms with van der Waals surface area (Å²) in [5, 5.41) is 0. The Kier molecular flexibility index (Phi) is 10.3. The molecule has 0 unspecified atom stereocenters. The van der Waals surface area contributed by atoms with Crippen LogP contribution in [0.5, 0.6) is 0 Å². The van der Waals surface area contributed by atoms with Crippen LogP contribution >= 0.6 is 0 Å². The van der Waals surface area contributed by atoms with E-state index in [2.05, 4.69) is 96.8 Å². The minimum absolute atomic E-state index is 0.727. The minimum Gasteiger partial charge on any atom is -0.377 e. The van der Waals surface area contributed by atoms with Gasteiger partial charge in [-0.15, -0.1) is 0 Å². The van der Waals surface area contributed by atoms with Crippen LogP contribution in [0.25, 0.3) is 0 Å². The van der Waals surface area contributed by atoms with Gasteiger partial charge in [-0.05, 0) is 42.0 Å². The van der Waals surface area contributed by atoms with Gasteiger partial charge in [-0.2, -0.15) is 0 Å². The molecular weight excluding hydrogens is 378 g/mol. The average Bonchev–Trinajstić information content (AvgIpc) is 2.82. The molecule has 3 aromatic rings. The van der Waals surface area contributed by atoms with E-state index in [-0.39, 0.29) is 0 Å². The Morgan fingerprint density at radius 2 is 1.16 bits per heavy atom. The molecule has 0 aromatic heterocycles. The fourth-order valence-corrected chi connectivity index (χ4v) is 3.91. The Balaban J connectivity index is 1.36. The Morgan fingerprint density at radius 3 is 1.71 bits per heavy atom. The van der Waals surface area contributed by atoms with E-state index in [0.717, 1.165) is 45.2 Å². The average molecular weight is 416 g/mol. The molecule has 0 saturated carbocycles. The van der Waals surface area contributed by atoms with Crippen LogP contribution in [0.3, 0.4) is 0 Å². The maximum atomic E-state index is 5.82. The molecular formula is C29H37NO. The van der Waals surface area contributed by atoms with Gasteiger partial charge in [0, 0.05) is 19.7 Å². The third kappa shape index (κ3) is 9.50. The van der Waals surface area contributed by atoms with Gasteiger partial charge in [0.15, 0.2) is 0 Å². The van der Waals surface area contributed by atoms with Gasteiger partial charge in [-0.3, -0.25) is 4.90 Å². The molecule has 3 rings (SSSR count). The molecule has 0 fully saturated rings. The first-order chi connectivity index (χ1) is 15.3. The summed E-state index contributed by atoms with van der Waals surface area (Å²) in [6, 6.07) is 32.1. The van der Waals surface area contributed by atoms with E-state index >= 15 is 0 Å². The number of benzene rings is 3. The molecule has 0 aliphatic carbocycles. The van der Waals surface area contributed by atoms with Crippen molar-refractivity contribution in [2.45, 2.75) is 52.3 Å². The summed E-state index contributed by atoms with van der Waals surface area (Å²) in [4.78, 5) is 2.59. The van der Waals surface area contributed by atoms with Crippen LogP contribution in [0.1, 0.15) is 49.3 Å². The predicted octanol–water partition coefficient (Wildman–Crippen LogP) is 7.10. The van der Waals surface area contributed by atoms with Crippen LogP contribution in [-0.4, -0.2) is 18.1 Å². The second-order valence-corrected chi connectivity index (χ2v) is 8.61. The summed E-state index contributed by atoms with van der Waals surface area (Å²) in [5.74, 6) is 0.739. The summed E-state index contributed by atoms with van der Waals surface area (Å²) in [6.07, 6.45) is 4.91. The van der Waals surface area contributed by atoms with Crippen LogP contribution in [0, 0.1) is 5.92 Å². The molecule has 0 saturated heterocycles. The SMILES string of the molecule is C[C@@H](CCCCOCc1ccccc1)CCN(Cc1ccccc1)Cc1ccccc1. The van der Waals surface area contributed by atoms with E-state index in [1.807, 2.05) is 6.07 Å². The molecule has 0 heterocycles. The molecule has 0 amide bonds. The number of hydrogen-bond acceptors (Lipinski definition) is 2. The Labute approximate surface area is 188 Å². The first-order valence-corrected chi connectivity index (χ1v) is 11.7. The number of hydrogen-bond donors (Lipinski definition) is 0. The van der Waals surface area contributed by atoms with Crippen LogP contribution in [0.4, 0.5) is 0 Å². The van der Waals surface area contributed by atoms with Crippen LogP contribution in [0.2, 0.25) is 0 Å². The zero-order valence-electron chi connectivity index (χ0n) is 19.0. The van der Waals surface area contributed by atoms with E-state index in [9.17, 15) is 0 Å². The summed E-state index contributed by atoms with van der Waals surface area (Å²) in [6.45, 7) is 7.13. The van der Waals surface area contributed by atoms with Crippen LogP contribution in [-0.2, 0) is 24.4 Å². The Bertz CT molecular complexity index is 778. The largest absolute Gasteiger partial charge is 0.377 e. The maximum absolute atomic E-state index is 5.82. The van der Waals surface area contributed by atoms with Crippen molar-refractivity contribution in [3.05, 3.63) is 108 Å². The maximum Gasteiger partial charge on any atom is 0.0716 e. The highest BCUT2D eigenvalue weighted by molar-refractivity contribution is 5.17. The fraction of sp³-hybridized carbons (Fsp3) is 0.379. The van der Waals surface area contributed by atoms with Crippen molar-refractivity contribution in [1.29, 1.82) is 0 Å². The third-order valence-corrected chi connectivity index (χ3v) is 5.78. The number of ether oxygens (including phenoxy) is 1. The second kappa shape index (κ2) is 13.8. The molecule has 0 radical (unpaired) electrons. The lowest BCUT2D eigenvalue weighted by atomic mass is 10.00. The van der Waals surface area contributed by atoms with Gasteiger partial charge in [-0.25, -0.2) is 0 Å². The predicted molar refractivity (Wildman–Crippen MR) is 131 cm³/mol. The standard InChI is InChI=1S/C29H37NO/c1-26(13-11-12-22-31-25-29-18-9-4-10-19-29)20-21-30(23-27-14-5-2-6-15-27)24-28-16-7-3-8-17-28/h2-10,14-19,26H,11-13,20-25H2,1H3/t26-/m0/s1. The molecule has 0 bridgehead atoms. The van der Waals surface area contributed by atoms with Gasteiger partial charge in [-0.1, -0.05) is 111 Å². The molecule has 3 aromatic carbocycles. The van der Waals surface area contributed by atoms with Gasteiger partial charge >= 0.3 is 0 Å². The van der Waals surface area contributed by atoms with Gasteiger partial charge in [0.05, 0.1) is 6.61 Å². The van der Waals surface area contributed by atoms with E-state index in [0.29, 0.717) is 0 Å². The zero-order chi connectivity index (χ0) is 21.6.